The van der Waals surface area contributed by atoms with Crippen LogP contribution in [0.4, 0.5) is 0 Å². The molecule has 0 spiro atoms. The van der Waals surface area contributed by atoms with E-state index in [1.54, 1.807) is 0 Å². The van der Waals surface area contributed by atoms with Crippen molar-refractivity contribution in [2.75, 3.05) is 13.2 Å². The van der Waals surface area contributed by atoms with Crippen LogP contribution >= 0.6 is 0 Å². The van der Waals surface area contributed by atoms with Gasteiger partial charge in [0.2, 0.25) is 0 Å². The van der Waals surface area contributed by atoms with Crippen LogP contribution in [-0.4, -0.2) is 89.2 Å². The maximum atomic E-state index is 13.1. The molecule has 6 unspecified atom stereocenters. The van der Waals surface area contributed by atoms with Crippen LogP contribution in [0.5, 0.6) is 0 Å². The van der Waals surface area contributed by atoms with Crippen molar-refractivity contribution in [3.05, 3.63) is 134 Å². The third-order valence-electron chi connectivity index (χ3n) is 11.7. The maximum Gasteiger partial charge on any atom is 0.335 e. The van der Waals surface area contributed by atoms with Crippen LogP contribution in [0, 0.1) is 0 Å². The zero-order valence-corrected chi connectivity index (χ0v) is 46.0. The van der Waals surface area contributed by atoms with Gasteiger partial charge in [-0.1, -0.05) is 187 Å². The predicted octanol–water partition coefficient (Wildman–Crippen LogP) is 14.2. The summed E-state index contributed by atoms with van der Waals surface area (Å²) in [5.41, 5.74) is 0. The highest BCUT2D eigenvalue weighted by molar-refractivity contribution is 5.74. The van der Waals surface area contributed by atoms with Crippen LogP contribution in [0.1, 0.15) is 188 Å². The van der Waals surface area contributed by atoms with E-state index in [0.717, 1.165) is 122 Å². The van der Waals surface area contributed by atoms with Crippen molar-refractivity contribution in [1.29, 1.82) is 0 Å². The normalized spacial score (nSPS) is 19.2. The molecule has 12 heteroatoms. The largest absolute Gasteiger partial charge is 0.479 e. The Morgan fingerprint density at radius 2 is 0.827 bits per heavy atom. The average Bonchev–Trinajstić information content (AvgIpc) is 3.39. The molecule has 1 fully saturated rings. The van der Waals surface area contributed by atoms with E-state index < -0.39 is 67.3 Å². The molecular weight excluding hydrogens is 949 g/mol. The summed E-state index contributed by atoms with van der Waals surface area (Å²) in [6.07, 6.45) is 57.4. The molecule has 75 heavy (non-hydrogen) atoms. The van der Waals surface area contributed by atoms with Crippen molar-refractivity contribution in [3.8, 4) is 0 Å². The molecule has 1 heterocycles. The van der Waals surface area contributed by atoms with Gasteiger partial charge in [0, 0.05) is 19.3 Å². The van der Waals surface area contributed by atoms with Gasteiger partial charge in [-0.15, -0.1) is 0 Å². The molecule has 0 radical (unpaired) electrons. The Hall–Kier alpha value is -5.14. The second-order valence-corrected chi connectivity index (χ2v) is 18.4. The Bertz CT molecular complexity index is 1810. The van der Waals surface area contributed by atoms with Gasteiger partial charge < -0.3 is 39.0 Å². The second kappa shape index (κ2) is 49.7. The number of aliphatic hydroxyl groups is 2. The molecule has 420 valence electrons. The number of aliphatic carboxylic acids is 1. The minimum absolute atomic E-state index is 0.00821. The summed E-state index contributed by atoms with van der Waals surface area (Å²) >= 11 is 0. The molecule has 12 nitrogen and oxygen atoms in total. The Morgan fingerprint density at radius 1 is 0.440 bits per heavy atom. The first-order chi connectivity index (χ1) is 36.6. The molecule has 0 saturated carbocycles. The van der Waals surface area contributed by atoms with E-state index >= 15 is 0 Å². The summed E-state index contributed by atoms with van der Waals surface area (Å²) in [4.78, 5) is 51.0. The molecule has 6 atom stereocenters. The Kier molecular flexibility index (Phi) is 45.0. The van der Waals surface area contributed by atoms with Crippen molar-refractivity contribution in [1.82, 2.24) is 0 Å². The number of carboxylic acid groups (broad SMARTS) is 1. The zero-order chi connectivity index (χ0) is 54.7. The lowest BCUT2D eigenvalue weighted by Gasteiger charge is -2.40. The van der Waals surface area contributed by atoms with Gasteiger partial charge in [-0.05, 0) is 116 Å². The van der Waals surface area contributed by atoms with Gasteiger partial charge in [-0.3, -0.25) is 14.4 Å². The smallest absolute Gasteiger partial charge is 0.335 e. The summed E-state index contributed by atoms with van der Waals surface area (Å²) in [5.74, 6) is -3.31. The third-order valence-corrected chi connectivity index (χ3v) is 11.7. The first-order valence-electron chi connectivity index (χ1n) is 28.2. The third kappa shape index (κ3) is 39.9. The fourth-order valence-electron chi connectivity index (χ4n) is 7.50. The first kappa shape index (κ1) is 67.9. The zero-order valence-electron chi connectivity index (χ0n) is 46.0. The summed E-state index contributed by atoms with van der Waals surface area (Å²) < 4.78 is 28.2. The molecule has 0 aromatic rings. The van der Waals surface area contributed by atoms with Crippen molar-refractivity contribution in [2.45, 2.75) is 225 Å². The number of esters is 3. The molecule has 1 rings (SSSR count). The number of carbonyl (C=O) groups is 4. The highest BCUT2D eigenvalue weighted by Crippen LogP contribution is 2.26. The van der Waals surface area contributed by atoms with E-state index in [1.807, 2.05) is 12.2 Å². The van der Waals surface area contributed by atoms with Gasteiger partial charge in [-0.25, -0.2) is 4.79 Å². The van der Waals surface area contributed by atoms with Gasteiger partial charge in [0.15, 0.2) is 24.6 Å². The van der Waals surface area contributed by atoms with E-state index in [4.69, 9.17) is 23.7 Å². The van der Waals surface area contributed by atoms with Gasteiger partial charge in [-0.2, -0.15) is 0 Å². The lowest BCUT2D eigenvalue weighted by atomic mass is 9.98. The van der Waals surface area contributed by atoms with Gasteiger partial charge in [0.1, 0.15) is 18.8 Å². The highest BCUT2D eigenvalue weighted by Gasteiger charge is 2.50. The predicted molar refractivity (Wildman–Crippen MR) is 303 cm³/mol. The minimum Gasteiger partial charge on any atom is -0.479 e. The Balaban J connectivity index is 2.76. The standard InChI is InChI=1S/C63H96O12/c1-4-7-10-13-16-19-22-25-26-27-28-29-30-33-34-37-40-43-46-49-55(64)71-52-54(73-56(65)50-47-44-41-38-35-31-23-20-17-14-11-8-5-2)53-72-63-61(59(68)58(67)60(75-63)62(69)70)74-57(66)51-48-45-42-39-36-32-24-21-18-15-12-9-6-3/h7-12,16-21,25-26,28-29,31-32,35-36,41,44,54,58-61,63,67-68H,4-6,13-15,22-24,27,30,33-34,37-40,42-43,45-53H2,1-3H3,(H,69,70)/b10-7-,11-8-,12-9-,19-16-,20-17-,21-18-,26-25-,29-28-,35-31-,36-32-,44-41-. The molecule has 0 aromatic carbocycles. The topological polar surface area (TPSA) is 175 Å². The van der Waals surface area contributed by atoms with E-state index in [1.165, 1.54) is 0 Å². The number of aliphatic hydroxyl groups excluding tert-OH is 2. The fraction of sp³-hybridized carbons (Fsp3) is 0.587. The quantitative estimate of drug-likeness (QED) is 0.0228. The van der Waals surface area contributed by atoms with Crippen LogP contribution in [-0.2, 0) is 42.9 Å². The number of hydrogen-bond acceptors (Lipinski definition) is 11. The Morgan fingerprint density at radius 3 is 1.28 bits per heavy atom. The lowest BCUT2D eigenvalue weighted by Crippen LogP contribution is -2.61. The first-order valence-corrected chi connectivity index (χ1v) is 28.2. The number of carboxylic acids is 1. The molecule has 1 aliphatic rings. The number of carbonyl (C=O) groups excluding carboxylic acids is 3. The van der Waals surface area contributed by atoms with Crippen molar-refractivity contribution >= 4 is 23.9 Å². The highest BCUT2D eigenvalue weighted by atomic mass is 16.7. The van der Waals surface area contributed by atoms with Gasteiger partial charge >= 0.3 is 23.9 Å². The molecule has 3 N–H and O–H groups in total. The van der Waals surface area contributed by atoms with E-state index in [0.29, 0.717) is 25.7 Å². The van der Waals surface area contributed by atoms with Crippen LogP contribution < -0.4 is 0 Å². The molecular formula is C63H96O12. The minimum atomic E-state index is -1.93. The molecule has 0 bridgehead atoms. The van der Waals surface area contributed by atoms with Crippen LogP contribution in [0.3, 0.4) is 0 Å². The Labute approximate surface area is 451 Å². The number of hydrogen-bond donors (Lipinski definition) is 3. The SMILES string of the molecule is CC/C=C\C/C=C\C/C=C\C/C=C\CCCCCCCCC(=O)OCC(COC1OC(C(=O)O)C(O)C(O)C1OC(=O)CCCCC/C=C\C/C=C\C/C=C\CC)OC(=O)CC/C=C\C/C=C\C/C=C\C/C=C\CC. The second-order valence-electron chi connectivity index (χ2n) is 18.4. The lowest BCUT2D eigenvalue weighted by molar-refractivity contribution is -0.301. The van der Waals surface area contributed by atoms with E-state index in [2.05, 4.69) is 142 Å². The van der Waals surface area contributed by atoms with Gasteiger partial charge in [0.05, 0.1) is 6.61 Å². The molecule has 0 aliphatic carbocycles. The molecule has 1 aliphatic heterocycles. The monoisotopic (exact) mass is 1040 g/mol. The number of allylic oxidation sites excluding steroid dienone is 22. The summed E-state index contributed by atoms with van der Waals surface area (Å²) in [7, 11) is 0. The van der Waals surface area contributed by atoms with Crippen molar-refractivity contribution < 1.29 is 58.2 Å². The van der Waals surface area contributed by atoms with Crippen LogP contribution in [0.25, 0.3) is 0 Å². The molecule has 0 amide bonds. The van der Waals surface area contributed by atoms with Gasteiger partial charge in [0.25, 0.3) is 0 Å². The average molecular weight is 1050 g/mol. The van der Waals surface area contributed by atoms with E-state index in [9.17, 15) is 34.5 Å². The molecule has 1 saturated heterocycles. The fourth-order valence-corrected chi connectivity index (χ4v) is 7.50. The van der Waals surface area contributed by atoms with Crippen LogP contribution in [0.15, 0.2) is 134 Å². The van der Waals surface area contributed by atoms with Crippen molar-refractivity contribution in [2.24, 2.45) is 0 Å². The number of rotatable bonds is 45. The van der Waals surface area contributed by atoms with Crippen molar-refractivity contribution in [3.63, 3.8) is 0 Å². The summed E-state index contributed by atoms with van der Waals surface area (Å²) in [6.45, 7) is 5.53. The van der Waals surface area contributed by atoms with Crippen LogP contribution in [0.2, 0.25) is 0 Å². The maximum absolute atomic E-state index is 13.1. The van der Waals surface area contributed by atoms with E-state index in [-0.39, 0.29) is 25.9 Å². The number of ether oxygens (including phenoxy) is 5. The summed E-state index contributed by atoms with van der Waals surface area (Å²) in [5, 5.41) is 31.4. The summed E-state index contributed by atoms with van der Waals surface area (Å²) in [6, 6.07) is 0. The number of unbranched alkanes of at least 4 members (excludes halogenated alkanes) is 9. The molecule has 0 aromatic heterocycles.